The molecule has 1 aromatic rings. The van der Waals surface area contributed by atoms with Crippen molar-refractivity contribution in [2.24, 2.45) is 0 Å². The maximum atomic E-state index is 3.83. The van der Waals surface area contributed by atoms with Crippen LogP contribution in [0.1, 0.15) is 0 Å². The second-order valence-electron chi connectivity index (χ2n) is 1.23. The fraction of sp³-hybridized carbons (Fsp3) is 0. The van der Waals surface area contributed by atoms with Gasteiger partial charge in [0.05, 0.1) is 0 Å². The number of nitrogens with zero attached hydrogens (tertiary/aromatic N) is 4. The van der Waals surface area contributed by atoms with Crippen molar-refractivity contribution < 1.29 is 0 Å². The van der Waals surface area contributed by atoms with E-state index in [1.54, 1.807) is 0 Å². The predicted molar refractivity (Wildman–Crippen MR) is 40.3 cm³/mol. The summed E-state index contributed by atoms with van der Waals surface area (Å²) in [5, 5.41) is 0. The molecule has 0 radical (unpaired) electrons. The van der Waals surface area contributed by atoms with Crippen molar-refractivity contribution in [1.82, 2.24) is 15.0 Å². The molecule has 6 heteroatoms. The molecule has 0 unspecified atom stereocenters. The van der Waals surface area contributed by atoms with Gasteiger partial charge in [-0.15, -0.1) is 0 Å². The van der Waals surface area contributed by atoms with Gasteiger partial charge in [0.1, 0.15) is 12.7 Å². The van der Waals surface area contributed by atoms with Crippen LogP contribution in [0.15, 0.2) is 12.7 Å². The normalized spacial score (nSPS) is 9.11. The third-order valence-corrected chi connectivity index (χ3v) is 1.02. The quantitative estimate of drug-likeness (QED) is 0.582. The lowest BCUT2D eigenvalue weighted by molar-refractivity contribution is 1.05. The largest absolute Gasteiger partial charge is 0.248 e. The van der Waals surface area contributed by atoms with Crippen LogP contribution in [-0.4, -0.2) is 15.0 Å². The first-order chi connectivity index (χ1) is 4.30. The van der Waals surface area contributed by atoms with Gasteiger partial charge in [-0.05, 0) is 0 Å². The minimum absolute atomic E-state index is 0.414. The Labute approximate surface area is 63.4 Å². The Kier molecular flexibility index (Phi) is 2.12. The van der Waals surface area contributed by atoms with E-state index in [0.29, 0.717) is 5.95 Å². The van der Waals surface area contributed by atoms with E-state index in [1.165, 1.54) is 16.4 Å². The molecule has 0 fully saturated rings. The molecular weight excluding hydrogens is 156 g/mol. The molecule has 1 rings (SSSR count). The van der Waals surface area contributed by atoms with Gasteiger partial charge in [-0.25, -0.2) is 8.69 Å². The van der Waals surface area contributed by atoms with E-state index in [1.807, 2.05) is 0 Å². The van der Waals surface area contributed by atoms with Gasteiger partial charge >= 0.3 is 0 Å². The van der Waals surface area contributed by atoms with E-state index < -0.39 is 0 Å². The number of rotatable bonds is 1. The van der Waals surface area contributed by atoms with Crippen LogP contribution in [0.2, 0.25) is 0 Å². The first-order valence-electron chi connectivity index (χ1n) is 2.10. The van der Waals surface area contributed by atoms with E-state index in [2.05, 4.69) is 40.6 Å². The third-order valence-electron chi connectivity index (χ3n) is 0.659. The molecular formula is C3H4N4S2. The molecule has 1 heterocycles. The Bertz CT molecular complexity index is 176. The van der Waals surface area contributed by atoms with E-state index >= 15 is 0 Å². The van der Waals surface area contributed by atoms with Crippen LogP contribution in [-0.2, 0) is 0 Å². The van der Waals surface area contributed by atoms with E-state index in [-0.39, 0.29) is 0 Å². The second kappa shape index (κ2) is 2.88. The number of hydrogen-bond donors (Lipinski definition) is 2. The predicted octanol–water partition coefficient (Wildman–Crippen LogP) is 0.368. The van der Waals surface area contributed by atoms with E-state index in [4.69, 9.17) is 0 Å². The summed E-state index contributed by atoms with van der Waals surface area (Å²) in [5.74, 6) is 0.414. The minimum atomic E-state index is 0.414. The summed E-state index contributed by atoms with van der Waals surface area (Å²) in [6.07, 6.45) is 2.75. The second-order valence-corrected chi connectivity index (χ2v) is 2.34. The topological polar surface area (TPSA) is 41.9 Å². The van der Waals surface area contributed by atoms with Gasteiger partial charge in [-0.1, -0.05) is 25.6 Å². The molecule has 0 aliphatic heterocycles. The highest BCUT2D eigenvalue weighted by Crippen LogP contribution is 2.07. The van der Waals surface area contributed by atoms with Gasteiger partial charge in [-0.2, -0.15) is 9.97 Å². The smallest absolute Gasteiger partial charge is 0.231 e. The number of anilines is 1. The Balaban J connectivity index is 2.85. The number of hydrogen-bond acceptors (Lipinski definition) is 6. The number of aromatic nitrogens is 3. The minimum Gasteiger partial charge on any atom is -0.231 e. The highest BCUT2D eigenvalue weighted by atomic mass is 32.2. The molecule has 0 atom stereocenters. The maximum absolute atomic E-state index is 3.83. The average molecular weight is 160 g/mol. The highest BCUT2D eigenvalue weighted by Gasteiger charge is 1.95. The molecule has 0 bridgehead atoms. The fourth-order valence-corrected chi connectivity index (χ4v) is 0.543. The zero-order chi connectivity index (χ0) is 6.69. The monoisotopic (exact) mass is 160 g/mol. The molecule has 0 aliphatic rings. The summed E-state index contributed by atoms with van der Waals surface area (Å²) in [5.41, 5.74) is 0. The van der Waals surface area contributed by atoms with Crippen LogP contribution in [0.3, 0.4) is 0 Å². The van der Waals surface area contributed by atoms with Crippen LogP contribution in [0.4, 0.5) is 5.95 Å². The molecule has 48 valence electrons. The first-order valence-corrected chi connectivity index (χ1v) is 2.90. The Morgan fingerprint density at radius 2 is 1.78 bits per heavy atom. The average Bonchev–Trinajstić information content (AvgIpc) is 1.90. The maximum Gasteiger partial charge on any atom is 0.248 e. The lowest BCUT2D eigenvalue weighted by Crippen LogP contribution is -1.98. The van der Waals surface area contributed by atoms with Gasteiger partial charge < -0.3 is 0 Å². The standard InChI is InChI=1S/C3H4N4S2/c8-7(9)3-5-1-4-2-6-3/h1-2,8-9H. The Morgan fingerprint density at radius 3 is 2.11 bits per heavy atom. The zero-order valence-electron chi connectivity index (χ0n) is 4.34. The first kappa shape index (κ1) is 6.63. The summed E-state index contributed by atoms with van der Waals surface area (Å²) in [6.45, 7) is 0. The fourth-order valence-electron chi connectivity index (χ4n) is 0.336. The van der Waals surface area contributed by atoms with Crippen LogP contribution in [0, 0.1) is 0 Å². The lowest BCUT2D eigenvalue weighted by atomic mass is 11.0. The van der Waals surface area contributed by atoms with Crippen LogP contribution in [0.5, 0.6) is 0 Å². The van der Waals surface area contributed by atoms with Crippen molar-refractivity contribution in [3.05, 3.63) is 12.7 Å². The highest BCUT2D eigenvalue weighted by molar-refractivity contribution is 8.00. The van der Waals surface area contributed by atoms with Crippen molar-refractivity contribution >= 4 is 31.6 Å². The van der Waals surface area contributed by atoms with Crippen LogP contribution < -0.4 is 3.71 Å². The SMILES string of the molecule is SN(S)c1ncncn1. The summed E-state index contributed by atoms with van der Waals surface area (Å²) in [6, 6.07) is 0. The summed E-state index contributed by atoms with van der Waals surface area (Å²) in [7, 11) is 0. The zero-order valence-corrected chi connectivity index (χ0v) is 6.13. The molecule has 0 spiro atoms. The van der Waals surface area contributed by atoms with Crippen LogP contribution in [0.25, 0.3) is 0 Å². The van der Waals surface area contributed by atoms with Crippen molar-refractivity contribution in [2.75, 3.05) is 3.71 Å². The van der Waals surface area contributed by atoms with Gasteiger partial charge in [0.25, 0.3) is 0 Å². The third kappa shape index (κ3) is 1.72. The molecule has 0 N–H and O–H groups in total. The van der Waals surface area contributed by atoms with Crippen molar-refractivity contribution in [1.29, 1.82) is 0 Å². The van der Waals surface area contributed by atoms with Gasteiger partial charge in [0.2, 0.25) is 5.95 Å². The van der Waals surface area contributed by atoms with Gasteiger partial charge in [0.15, 0.2) is 0 Å². The molecule has 0 saturated heterocycles. The van der Waals surface area contributed by atoms with Crippen LogP contribution >= 0.6 is 25.6 Å². The molecule has 0 amide bonds. The molecule has 9 heavy (non-hydrogen) atoms. The van der Waals surface area contributed by atoms with Crippen molar-refractivity contribution in [3.63, 3.8) is 0 Å². The number of thiol groups is 2. The van der Waals surface area contributed by atoms with E-state index in [0.717, 1.165) is 0 Å². The molecule has 0 aliphatic carbocycles. The summed E-state index contributed by atoms with van der Waals surface area (Å²) >= 11 is 7.66. The van der Waals surface area contributed by atoms with E-state index in [9.17, 15) is 0 Å². The molecule has 0 saturated carbocycles. The lowest BCUT2D eigenvalue weighted by Gasteiger charge is -2.02. The van der Waals surface area contributed by atoms with Gasteiger partial charge in [-0.3, -0.25) is 0 Å². The molecule has 1 aromatic heterocycles. The summed E-state index contributed by atoms with van der Waals surface area (Å²) < 4.78 is 1.21. The molecule has 0 aromatic carbocycles. The molecule has 4 nitrogen and oxygen atoms in total. The van der Waals surface area contributed by atoms with Crippen molar-refractivity contribution in [3.8, 4) is 0 Å². The van der Waals surface area contributed by atoms with Gasteiger partial charge in [0, 0.05) is 0 Å². The summed E-state index contributed by atoms with van der Waals surface area (Å²) in [4.78, 5) is 11.1. The Morgan fingerprint density at radius 1 is 1.22 bits per heavy atom. The van der Waals surface area contributed by atoms with Crippen molar-refractivity contribution in [2.45, 2.75) is 0 Å². The Hall–Kier alpha value is -0.490.